The molecule has 1 rings (SSSR count). The lowest BCUT2D eigenvalue weighted by Crippen LogP contribution is -2.30. The lowest BCUT2D eigenvalue weighted by molar-refractivity contribution is -0.138. The Kier molecular flexibility index (Phi) is 1.85. The molecule has 3 heteroatoms. The Morgan fingerprint density at radius 2 is 2.10 bits per heavy atom. The van der Waals surface area contributed by atoms with Crippen molar-refractivity contribution in [3.63, 3.8) is 0 Å². The lowest BCUT2D eigenvalue weighted by Gasteiger charge is -2.19. The number of esters is 1. The molecule has 0 aliphatic carbocycles. The van der Waals surface area contributed by atoms with Crippen molar-refractivity contribution in [2.45, 2.75) is 31.6 Å². The largest absolute Gasteiger partial charge is 0.466 e. The summed E-state index contributed by atoms with van der Waals surface area (Å²) in [6.45, 7) is 7.28. The Morgan fingerprint density at radius 1 is 1.50 bits per heavy atom. The van der Waals surface area contributed by atoms with Gasteiger partial charge in [-0.05, 0) is 6.42 Å². The molecule has 0 bridgehead atoms. The van der Waals surface area contributed by atoms with E-state index < -0.39 is 8.07 Å². The maximum atomic E-state index is 11.0. The topological polar surface area (TPSA) is 26.3 Å². The minimum absolute atomic E-state index is 0.0409. The van der Waals surface area contributed by atoms with Crippen LogP contribution >= 0.6 is 0 Å². The van der Waals surface area contributed by atoms with Gasteiger partial charge in [0, 0.05) is 0 Å². The summed E-state index contributed by atoms with van der Waals surface area (Å²) in [4.78, 5) is 11.0. The molecular formula is C7H14O2Si. The second-order valence-electron chi connectivity index (χ2n) is 3.87. The van der Waals surface area contributed by atoms with Gasteiger partial charge in [-0.15, -0.1) is 0 Å². The third-order valence-corrected chi connectivity index (χ3v) is 4.60. The van der Waals surface area contributed by atoms with Crippen LogP contribution in [0, 0.1) is 0 Å². The predicted octanol–water partition coefficient (Wildman–Crippen LogP) is 1.64. The Morgan fingerprint density at radius 3 is 2.30 bits per heavy atom. The molecule has 1 fully saturated rings. The first-order valence-electron chi connectivity index (χ1n) is 3.68. The van der Waals surface area contributed by atoms with Crippen molar-refractivity contribution in [2.24, 2.45) is 0 Å². The van der Waals surface area contributed by atoms with E-state index in [-0.39, 0.29) is 11.5 Å². The van der Waals surface area contributed by atoms with E-state index in [1.807, 2.05) is 0 Å². The highest BCUT2D eigenvalue weighted by atomic mass is 28.3. The molecule has 1 atom stereocenters. The fourth-order valence-electron chi connectivity index (χ4n) is 1.28. The molecule has 10 heavy (non-hydrogen) atoms. The zero-order valence-electron chi connectivity index (χ0n) is 6.81. The van der Waals surface area contributed by atoms with Gasteiger partial charge in [0.25, 0.3) is 0 Å². The second-order valence-corrected chi connectivity index (χ2v) is 9.30. The first-order chi connectivity index (χ1) is 4.52. The van der Waals surface area contributed by atoms with Crippen molar-refractivity contribution in [3.8, 4) is 0 Å². The van der Waals surface area contributed by atoms with Crippen LogP contribution in [0.4, 0.5) is 0 Å². The summed E-state index contributed by atoms with van der Waals surface area (Å²) in [5.41, 5.74) is 0.257. The number of carbonyl (C=O) groups excluding carboxylic acids is 1. The summed E-state index contributed by atoms with van der Waals surface area (Å²) >= 11 is 0. The molecule has 1 aliphatic rings. The maximum Gasteiger partial charge on any atom is 0.306 e. The first kappa shape index (κ1) is 7.79. The highest BCUT2D eigenvalue weighted by Gasteiger charge is 2.37. The highest BCUT2D eigenvalue weighted by Crippen LogP contribution is 2.30. The van der Waals surface area contributed by atoms with Gasteiger partial charge in [0.05, 0.1) is 20.2 Å². The van der Waals surface area contributed by atoms with E-state index in [1.165, 1.54) is 0 Å². The van der Waals surface area contributed by atoms with Gasteiger partial charge in [-0.1, -0.05) is 19.6 Å². The highest BCUT2D eigenvalue weighted by molar-refractivity contribution is 6.80. The zero-order valence-corrected chi connectivity index (χ0v) is 7.81. The zero-order chi connectivity index (χ0) is 7.78. The van der Waals surface area contributed by atoms with Gasteiger partial charge >= 0.3 is 5.97 Å². The summed E-state index contributed by atoms with van der Waals surface area (Å²) in [6, 6.07) is 0. The average Bonchev–Trinajstić information content (AvgIpc) is 2.11. The summed E-state index contributed by atoms with van der Waals surface area (Å²) in [7, 11) is -1.26. The summed E-state index contributed by atoms with van der Waals surface area (Å²) in [6.07, 6.45) is 0.953. The molecule has 1 heterocycles. The smallest absolute Gasteiger partial charge is 0.306 e. The van der Waals surface area contributed by atoms with Gasteiger partial charge in [-0.3, -0.25) is 4.79 Å². The van der Waals surface area contributed by atoms with Crippen LogP contribution in [0.2, 0.25) is 25.2 Å². The Hall–Kier alpha value is -0.313. The number of ether oxygens (including phenoxy) is 1. The number of hydrogen-bond acceptors (Lipinski definition) is 2. The van der Waals surface area contributed by atoms with E-state index >= 15 is 0 Å². The van der Waals surface area contributed by atoms with Gasteiger partial charge in [0.1, 0.15) is 0 Å². The molecule has 1 aliphatic heterocycles. The number of rotatable bonds is 1. The number of carbonyl (C=O) groups is 1. The minimum atomic E-state index is -1.26. The van der Waals surface area contributed by atoms with Crippen LogP contribution < -0.4 is 0 Å². The molecule has 0 amide bonds. The van der Waals surface area contributed by atoms with Crippen molar-refractivity contribution in [2.75, 3.05) is 6.61 Å². The molecule has 1 saturated heterocycles. The first-order valence-corrected chi connectivity index (χ1v) is 7.26. The second kappa shape index (κ2) is 2.38. The number of hydrogen-bond donors (Lipinski definition) is 0. The standard InChI is InChI=1S/C7H14O2Si/c1-10(2,3)6-4-5-9-7(6)8/h6H,4-5H2,1-3H3. The van der Waals surface area contributed by atoms with Crippen molar-refractivity contribution in [1.29, 1.82) is 0 Å². The molecule has 0 N–H and O–H groups in total. The third-order valence-electron chi connectivity index (χ3n) is 1.98. The van der Waals surface area contributed by atoms with Gasteiger partial charge in [0.15, 0.2) is 0 Å². The maximum absolute atomic E-state index is 11.0. The Balaban J connectivity index is 2.64. The van der Waals surface area contributed by atoms with Gasteiger partial charge in [-0.25, -0.2) is 0 Å². The van der Waals surface area contributed by atoms with Gasteiger partial charge in [-0.2, -0.15) is 0 Å². The molecule has 0 aromatic heterocycles. The van der Waals surface area contributed by atoms with Crippen LogP contribution in [0.1, 0.15) is 6.42 Å². The predicted molar refractivity (Wildman–Crippen MR) is 42.7 cm³/mol. The molecule has 0 aromatic rings. The number of cyclic esters (lactones) is 1. The molecule has 2 nitrogen and oxygen atoms in total. The average molecular weight is 158 g/mol. The SMILES string of the molecule is C[Si](C)(C)C1CCOC1=O. The molecule has 0 aromatic carbocycles. The molecule has 1 unspecified atom stereocenters. The molecule has 0 saturated carbocycles. The fourth-order valence-corrected chi connectivity index (χ4v) is 3.06. The van der Waals surface area contributed by atoms with Gasteiger partial charge in [0.2, 0.25) is 0 Å². The van der Waals surface area contributed by atoms with Crippen molar-refractivity contribution >= 4 is 14.0 Å². The van der Waals surface area contributed by atoms with E-state index in [9.17, 15) is 4.79 Å². The van der Waals surface area contributed by atoms with Crippen LogP contribution in [-0.2, 0) is 9.53 Å². The summed E-state index contributed by atoms with van der Waals surface area (Å²) in [5.74, 6) is 0.0409. The molecule has 58 valence electrons. The Bertz CT molecular complexity index is 148. The molecule has 0 spiro atoms. The van der Waals surface area contributed by atoms with E-state index in [0.29, 0.717) is 6.61 Å². The van der Waals surface area contributed by atoms with E-state index in [1.54, 1.807) is 0 Å². The minimum Gasteiger partial charge on any atom is -0.466 e. The molecular weight excluding hydrogens is 144 g/mol. The summed E-state index contributed by atoms with van der Waals surface area (Å²) in [5, 5.41) is 0. The third kappa shape index (κ3) is 1.40. The van der Waals surface area contributed by atoms with Crippen molar-refractivity contribution in [3.05, 3.63) is 0 Å². The monoisotopic (exact) mass is 158 g/mol. The van der Waals surface area contributed by atoms with E-state index in [0.717, 1.165) is 6.42 Å². The fraction of sp³-hybridized carbons (Fsp3) is 0.857. The quantitative estimate of drug-likeness (QED) is 0.428. The van der Waals surface area contributed by atoms with Crippen LogP contribution in [0.3, 0.4) is 0 Å². The van der Waals surface area contributed by atoms with E-state index in [2.05, 4.69) is 19.6 Å². The Labute approximate surface area is 62.6 Å². The van der Waals surface area contributed by atoms with Crippen LogP contribution in [0.5, 0.6) is 0 Å². The normalized spacial score (nSPS) is 26.7. The van der Waals surface area contributed by atoms with Crippen LogP contribution in [0.15, 0.2) is 0 Å². The lowest BCUT2D eigenvalue weighted by atomic mass is 10.4. The van der Waals surface area contributed by atoms with Crippen LogP contribution in [-0.4, -0.2) is 20.7 Å². The van der Waals surface area contributed by atoms with Crippen LogP contribution in [0.25, 0.3) is 0 Å². The summed E-state index contributed by atoms with van der Waals surface area (Å²) < 4.78 is 4.89. The van der Waals surface area contributed by atoms with Crippen molar-refractivity contribution < 1.29 is 9.53 Å². The molecule has 0 radical (unpaired) electrons. The van der Waals surface area contributed by atoms with E-state index in [4.69, 9.17) is 4.74 Å². The van der Waals surface area contributed by atoms with Crippen molar-refractivity contribution in [1.82, 2.24) is 0 Å². The van der Waals surface area contributed by atoms with Gasteiger partial charge < -0.3 is 4.74 Å².